The number of aliphatic carboxylic acids is 1. The third-order valence-electron chi connectivity index (χ3n) is 4.31. The zero-order valence-corrected chi connectivity index (χ0v) is 17.7. The number of hydrogen-bond acceptors (Lipinski definition) is 6. The summed E-state index contributed by atoms with van der Waals surface area (Å²) in [7, 11) is 0. The van der Waals surface area contributed by atoms with Gasteiger partial charge in [0.15, 0.2) is 0 Å². The van der Waals surface area contributed by atoms with E-state index in [0.29, 0.717) is 11.3 Å². The Balaban J connectivity index is 1.97. The number of fused-ring (bicyclic) bond motifs is 1. The van der Waals surface area contributed by atoms with Gasteiger partial charge in [-0.25, -0.2) is 9.97 Å². The van der Waals surface area contributed by atoms with E-state index in [1.807, 2.05) is 0 Å². The molecule has 0 saturated carbocycles. The number of carboxylic acids is 1. The number of benzene rings is 1. The lowest BCUT2D eigenvalue weighted by Crippen LogP contribution is -2.32. The number of aromatic nitrogens is 2. The molecular formula is C20H18Cl2N4O4. The Morgan fingerprint density at radius 1 is 1.33 bits per heavy atom. The van der Waals surface area contributed by atoms with Crippen molar-refractivity contribution in [1.29, 1.82) is 0 Å². The van der Waals surface area contributed by atoms with Crippen LogP contribution >= 0.6 is 23.2 Å². The first-order valence-electron chi connectivity index (χ1n) is 8.88. The zero-order chi connectivity index (χ0) is 22.1. The smallest absolute Gasteiger partial charge is 0.304 e. The highest BCUT2D eigenvalue weighted by atomic mass is 35.5. The normalized spacial score (nSPS) is 13.6. The first-order chi connectivity index (χ1) is 14.1. The third-order valence-corrected chi connectivity index (χ3v) is 4.91. The maximum atomic E-state index is 13.0. The van der Waals surface area contributed by atoms with Crippen molar-refractivity contribution >= 4 is 46.6 Å². The van der Waals surface area contributed by atoms with Crippen molar-refractivity contribution < 1.29 is 19.4 Å². The standard InChI is InChI=1S/C20H18Cl2N4O4/c1-20(2,9-15(27)28)4-3-12-13(21)7-11(8-14(12)22)26-5-6-30-18-16(19(26)29)17(23)24-10-25-18/h7-8,10H,5-6,9H2,1-2H3,(H,27,28)(H2,23,24,25). The molecule has 0 aliphatic carbocycles. The fraction of sp³-hybridized carbons (Fsp3) is 0.300. The Kier molecular flexibility index (Phi) is 6.06. The van der Waals surface area contributed by atoms with Gasteiger partial charge in [0, 0.05) is 11.1 Å². The second-order valence-corrected chi connectivity index (χ2v) is 8.05. The molecule has 1 aliphatic rings. The van der Waals surface area contributed by atoms with E-state index in [9.17, 15) is 9.59 Å². The molecule has 1 aliphatic heterocycles. The van der Waals surface area contributed by atoms with Gasteiger partial charge in [-0.15, -0.1) is 0 Å². The van der Waals surface area contributed by atoms with Gasteiger partial charge >= 0.3 is 5.97 Å². The Bertz CT molecular complexity index is 1070. The van der Waals surface area contributed by atoms with Crippen LogP contribution in [0, 0.1) is 17.3 Å². The molecule has 0 bridgehead atoms. The van der Waals surface area contributed by atoms with E-state index < -0.39 is 17.3 Å². The van der Waals surface area contributed by atoms with Crippen LogP contribution < -0.4 is 15.4 Å². The second-order valence-electron chi connectivity index (χ2n) is 7.23. The van der Waals surface area contributed by atoms with Crippen LogP contribution in [0.25, 0.3) is 0 Å². The molecule has 30 heavy (non-hydrogen) atoms. The van der Waals surface area contributed by atoms with E-state index in [1.165, 1.54) is 11.2 Å². The topological polar surface area (TPSA) is 119 Å². The predicted molar refractivity (Wildman–Crippen MR) is 113 cm³/mol. The average Bonchev–Trinajstić information content (AvgIpc) is 2.79. The van der Waals surface area contributed by atoms with Crippen LogP contribution in [0.15, 0.2) is 18.5 Å². The highest BCUT2D eigenvalue weighted by Crippen LogP contribution is 2.34. The van der Waals surface area contributed by atoms with Crippen molar-refractivity contribution in [2.75, 3.05) is 23.8 Å². The predicted octanol–water partition coefficient (Wildman–Crippen LogP) is 3.26. The molecule has 0 fully saturated rings. The average molecular weight is 449 g/mol. The summed E-state index contributed by atoms with van der Waals surface area (Å²) < 4.78 is 5.51. The first-order valence-corrected chi connectivity index (χ1v) is 9.64. The largest absolute Gasteiger partial charge is 0.481 e. The monoisotopic (exact) mass is 448 g/mol. The fourth-order valence-corrected chi connectivity index (χ4v) is 3.47. The Morgan fingerprint density at radius 2 is 2.00 bits per heavy atom. The molecule has 2 heterocycles. The summed E-state index contributed by atoms with van der Waals surface area (Å²) in [6.07, 6.45) is 1.10. The van der Waals surface area contributed by atoms with Gasteiger partial charge in [-0.05, 0) is 26.0 Å². The summed E-state index contributed by atoms with van der Waals surface area (Å²) in [6.45, 7) is 3.83. The number of halogens is 2. The number of rotatable bonds is 3. The van der Waals surface area contributed by atoms with Crippen LogP contribution in [0.5, 0.6) is 5.88 Å². The number of carboxylic acid groups (broad SMARTS) is 1. The molecule has 3 N–H and O–H groups in total. The molecule has 1 aromatic heterocycles. The molecule has 10 heteroatoms. The summed E-state index contributed by atoms with van der Waals surface area (Å²) in [5.74, 6) is 4.50. The number of amides is 1. The van der Waals surface area contributed by atoms with E-state index >= 15 is 0 Å². The van der Waals surface area contributed by atoms with E-state index in [2.05, 4.69) is 21.8 Å². The van der Waals surface area contributed by atoms with Crippen molar-refractivity contribution in [2.45, 2.75) is 20.3 Å². The van der Waals surface area contributed by atoms with Crippen LogP contribution in [0.4, 0.5) is 11.5 Å². The lowest BCUT2D eigenvalue weighted by Gasteiger charge is -2.21. The summed E-state index contributed by atoms with van der Waals surface area (Å²) in [4.78, 5) is 33.3. The Hall–Kier alpha value is -3.02. The summed E-state index contributed by atoms with van der Waals surface area (Å²) in [5.41, 5.74) is 5.94. The van der Waals surface area contributed by atoms with E-state index in [1.54, 1.807) is 26.0 Å². The van der Waals surface area contributed by atoms with Crippen LogP contribution in [0.3, 0.4) is 0 Å². The second kappa shape index (κ2) is 8.38. The van der Waals surface area contributed by atoms with E-state index in [4.69, 9.17) is 38.8 Å². The summed E-state index contributed by atoms with van der Waals surface area (Å²) in [6, 6.07) is 3.12. The fourth-order valence-electron chi connectivity index (χ4n) is 2.90. The zero-order valence-electron chi connectivity index (χ0n) is 16.2. The number of hydrogen-bond donors (Lipinski definition) is 2. The maximum Gasteiger partial charge on any atom is 0.304 e. The molecule has 0 unspecified atom stereocenters. The molecule has 156 valence electrons. The van der Waals surface area contributed by atoms with Crippen molar-refractivity contribution in [2.24, 2.45) is 5.41 Å². The number of nitrogens with two attached hydrogens (primary N) is 1. The maximum absolute atomic E-state index is 13.0. The van der Waals surface area contributed by atoms with Crippen molar-refractivity contribution in [3.05, 3.63) is 39.6 Å². The summed E-state index contributed by atoms with van der Waals surface area (Å²) in [5, 5.41) is 9.44. The number of carbonyl (C=O) groups is 2. The molecule has 2 aromatic rings. The third kappa shape index (κ3) is 4.58. The molecular weight excluding hydrogens is 431 g/mol. The summed E-state index contributed by atoms with van der Waals surface area (Å²) >= 11 is 12.8. The molecule has 8 nitrogen and oxygen atoms in total. The molecule has 0 atom stereocenters. The number of nitrogen functional groups attached to an aromatic ring is 1. The van der Waals surface area contributed by atoms with Gasteiger partial charge in [-0.3, -0.25) is 9.59 Å². The Labute approximate surface area is 183 Å². The van der Waals surface area contributed by atoms with Gasteiger partial charge in [-0.2, -0.15) is 0 Å². The van der Waals surface area contributed by atoms with Crippen molar-refractivity contribution in [3.63, 3.8) is 0 Å². The Morgan fingerprint density at radius 3 is 2.63 bits per heavy atom. The van der Waals surface area contributed by atoms with E-state index in [-0.39, 0.29) is 46.9 Å². The number of nitrogens with zero attached hydrogens (tertiary/aromatic N) is 3. The van der Waals surface area contributed by atoms with Gasteiger partial charge < -0.3 is 20.5 Å². The first kappa shape index (κ1) is 21.7. The minimum Gasteiger partial charge on any atom is -0.481 e. The van der Waals surface area contributed by atoms with Gasteiger partial charge in [0.1, 0.15) is 24.3 Å². The SMILES string of the molecule is CC(C)(C#Cc1c(Cl)cc(N2CCOc3ncnc(N)c3C2=O)cc1Cl)CC(=O)O. The lowest BCUT2D eigenvalue weighted by molar-refractivity contribution is -0.138. The molecule has 0 spiro atoms. The molecule has 1 amide bonds. The molecule has 0 saturated heterocycles. The number of ether oxygens (including phenoxy) is 1. The number of carbonyl (C=O) groups excluding carboxylic acids is 1. The van der Waals surface area contributed by atoms with Gasteiger partial charge in [0.2, 0.25) is 5.88 Å². The van der Waals surface area contributed by atoms with Gasteiger partial charge in [-0.1, -0.05) is 35.0 Å². The quantitative estimate of drug-likeness (QED) is 0.691. The minimum absolute atomic E-state index is 0.0113. The van der Waals surface area contributed by atoms with Crippen molar-refractivity contribution in [1.82, 2.24) is 9.97 Å². The molecule has 3 rings (SSSR count). The van der Waals surface area contributed by atoms with Gasteiger partial charge in [0.05, 0.1) is 28.6 Å². The highest BCUT2D eigenvalue weighted by molar-refractivity contribution is 6.37. The van der Waals surface area contributed by atoms with Crippen LogP contribution in [-0.4, -0.2) is 40.1 Å². The minimum atomic E-state index is -0.952. The highest BCUT2D eigenvalue weighted by Gasteiger charge is 2.29. The van der Waals surface area contributed by atoms with Crippen LogP contribution in [-0.2, 0) is 4.79 Å². The molecule has 0 radical (unpaired) electrons. The van der Waals surface area contributed by atoms with Crippen molar-refractivity contribution in [3.8, 4) is 17.7 Å². The van der Waals surface area contributed by atoms with Crippen LogP contribution in [0.1, 0.15) is 36.2 Å². The molecule has 1 aromatic carbocycles. The van der Waals surface area contributed by atoms with Crippen LogP contribution in [0.2, 0.25) is 10.0 Å². The van der Waals surface area contributed by atoms with Gasteiger partial charge in [0.25, 0.3) is 5.91 Å². The lowest BCUT2D eigenvalue weighted by atomic mass is 9.90. The van der Waals surface area contributed by atoms with E-state index in [0.717, 1.165) is 0 Å². The number of anilines is 2.